The number of rotatable bonds is 5. The highest BCUT2D eigenvalue weighted by Gasteiger charge is 2.54. The molecule has 0 fully saturated rings. The Labute approximate surface area is 487 Å². The average molecular weight is 1060 g/mol. The lowest BCUT2D eigenvalue weighted by atomic mass is 9.53. The highest BCUT2D eigenvalue weighted by Crippen LogP contribution is 2.58. The van der Waals surface area contributed by atoms with Gasteiger partial charge in [0.05, 0.1) is 0 Å². The fourth-order valence-electron chi connectivity index (χ4n) is 15.0. The van der Waals surface area contributed by atoms with E-state index in [9.17, 15) is 0 Å². The van der Waals surface area contributed by atoms with Crippen molar-refractivity contribution >= 4 is 70.7 Å². The lowest BCUT2D eigenvalue weighted by Crippen LogP contribution is -2.61. The maximum Gasteiger partial charge on any atom is 0.424 e. The number of anilines is 8. The Morgan fingerprint density at radius 3 is 1.10 bits per heavy atom. The van der Waals surface area contributed by atoms with Gasteiger partial charge < -0.3 is 19.2 Å². The molecule has 0 bridgehead atoms. The van der Waals surface area contributed by atoms with Gasteiger partial charge in [0.2, 0.25) is 0 Å². The molecule has 6 aliphatic rings. The molecular formula is C76H46B2N6. The summed E-state index contributed by atoms with van der Waals surface area (Å²) in [5, 5.41) is 0. The molecular weight excluding hydrogens is 1020 g/mol. The molecule has 7 heterocycles. The van der Waals surface area contributed by atoms with E-state index in [1.54, 1.807) is 0 Å². The highest BCUT2D eigenvalue weighted by molar-refractivity contribution is 6.88. The van der Waals surface area contributed by atoms with E-state index in [0.29, 0.717) is 0 Å². The lowest BCUT2D eigenvalue weighted by molar-refractivity contribution is 1.17. The molecule has 0 amide bonds. The molecule has 0 saturated heterocycles. The van der Waals surface area contributed by atoms with E-state index >= 15 is 0 Å². The second-order valence-electron chi connectivity index (χ2n) is 22.8. The first-order valence-electron chi connectivity index (χ1n) is 29.0. The number of nitrogens with zero attached hydrogens (tertiary/aromatic N) is 6. The van der Waals surface area contributed by atoms with Gasteiger partial charge in [-0.2, -0.15) is 0 Å². The minimum atomic E-state index is -0.168. The molecule has 13 aromatic rings. The molecule has 0 aliphatic carbocycles. The first-order valence-corrected chi connectivity index (χ1v) is 29.0. The zero-order valence-corrected chi connectivity index (χ0v) is 45.4. The van der Waals surface area contributed by atoms with Crippen LogP contribution in [-0.2, 0) is 0 Å². The van der Waals surface area contributed by atoms with Gasteiger partial charge in [-0.25, -0.2) is 9.97 Å². The fourth-order valence-corrected chi connectivity index (χ4v) is 15.0. The largest absolute Gasteiger partial charge is 0.424 e. The van der Waals surface area contributed by atoms with Gasteiger partial charge in [-0.3, -0.25) is 0 Å². The molecule has 0 atom stereocenters. The predicted octanol–water partition coefficient (Wildman–Crippen LogP) is 17.8. The summed E-state index contributed by atoms with van der Waals surface area (Å²) in [6, 6.07) is 99.5. The zero-order chi connectivity index (χ0) is 54.7. The van der Waals surface area contributed by atoms with E-state index in [1.807, 2.05) is 12.4 Å². The third kappa shape index (κ3) is 6.31. The summed E-state index contributed by atoms with van der Waals surface area (Å²) in [5.74, 6) is 1.75. The molecule has 8 heteroatoms. The second kappa shape index (κ2) is 17.3. The van der Waals surface area contributed by atoms with Crippen molar-refractivity contribution in [2.45, 2.75) is 0 Å². The van der Waals surface area contributed by atoms with Crippen molar-refractivity contribution in [2.75, 3.05) is 19.2 Å². The van der Waals surface area contributed by atoms with Gasteiger partial charge in [0.25, 0.3) is 0 Å². The highest BCUT2D eigenvalue weighted by atomic mass is 15.4. The summed E-state index contributed by atoms with van der Waals surface area (Å²) in [6.07, 6.45) is 3.64. The maximum atomic E-state index is 5.04. The number of hydrogen-bond donors (Lipinski definition) is 0. The number of benzene rings is 12. The first-order chi connectivity index (χ1) is 41.7. The predicted molar refractivity (Wildman–Crippen MR) is 349 cm³/mol. The van der Waals surface area contributed by atoms with Crippen molar-refractivity contribution in [3.8, 4) is 111 Å². The molecule has 0 radical (unpaired) electrons. The molecule has 0 spiro atoms. The molecule has 84 heavy (non-hydrogen) atoms. The zero-order valence-electron chi connectivity index (χ0n) is 45.4. The topological polar surface area (TPSA) is 38.7 Å². The van der Waals surface area contributed by atoms with Crippen molar-refractivity contribution in [3.05, 3.63) is 279 Å². The maximum absolute atomic E-state index is 5.04. The summed E-state index contributed by atoms with van der Waals surface area (Å²) in [7, 11) is 0. The summed E-state index contributed by atoms with van der Waals surface area (Å²) in [6.45, 7) is -0.275. The van der Waals surface area contributed by atoms with Gasteiger partial charge in [0.1, 0.15) is 0 Å². The van der Waals surface area contributed by atoms with Crippen molar-refractivity contribution in [1.82, 2.24) is 9.97 Å². The Bertz CT molecular complexity index is 4950. The van der Waals surface area contributed by atoms with Crippen molar-refractivity contribution in [2.24, 2.45) is 0 Å². The number of fused-ring (bicyclic) bond motifs is 20. The van der Waals surface area contributed by atoms with Crippen LogP contribution in [0.15, 0.2) is 279 Å². The van der Waals surface area contributed by atoms with E-state index in [2.05, 4.69) is 286 Å². The summed E-state index contributed by atoms with van der Waals surface area (Å²) < 4.78 is 0. The van der Waals surface area contributed by atoms with Crippen LogP contribution in [0, 0.1) is 0 Å². The first kappa shape index (κ1) is 45.7. The van der Waals surface area contributed by atoms with Crippen LogP contribution in [0.5, 0.6) is 0 Å². The molecule has 6 nitrogen and oxygen atoms in total. The Morgan fingerprint density at radius 1 is 0.202 bits per heavy atom. The Balaban J connectivity index is 0.739. The molecule has 12 aromatic carbocycles. The normalized spacial score (nSPS) is 13.6. The van der Waals surface area contributed by atoms with Crippen LogP contribution in [0.2, 0.25) is 0 Å². The van der Waals surface area contributed by atoms with Gasteiger partial charge in [0, 0.05) is 79.9 Å². The average Bonchev–Trinajstić information content (AvgIpc) is 1.91. The summed E-state index contributed by atoms with van der Waals surface area (Å²) in [4.78, 5) is 20.1. The van der Waals surface area contributed by atoms with E-state index in [1.165, 1.54) is 128 Å². The quantitative estimate of drug-likeness (QED) is 0.160. The Hall–Kier alpha value is -11.0. The van der Waals surface area contributed by atoms with Gasteiger partial charge >= 0.3 is 14.0 Å². The molecule has 0 unspecified atom stereocenters. The van der Waals surface area contributed by atoms with Crippen LogP contribution < -0.4 is 30.2 Å². The SMILES string of the molecule is c1ccc(-c2ccc3c(c2)-c2cccc4c2B2N3c3nccnc3N2c2ccc(-c3ccc(-c5ccc6c(c5)N5B7c8c(cc(-c9ccccc9-c9ccccc9)cc8-c8ccccc85)-c5ccccc5N7c5ccccc5-6)cc3)cc2-4)cc1. The lowest BCUT2D eigenvalue weighted by Gasteiger charge is -2.47. The molecule has 0 N–H and O–H groups in total. The Kier molecular flexibility index (Phi) is 9.41. The van der Waals surface area contributed by atoms with E-state index in [-0.39, 0.29) is 14.0 Å². The number of aromatic nitrogens is 2. The van der Waals surface area contributed by atoms with Crippen molar-refractivity contribution in [3.63, 3.8) is 0 Å². The third-order valence-corrected chi connectivity index (χ3v) is 18.6. The second-order valence-corrected chi connectivity index (χ2v) is 22.8. The Morgan fingerprint density at radius 2 is 0.548 bits per heavy atom. The minimum absolute atomic E-state index is 0.107. The van der Waals surface area contributed by atoms with Gasteiger partial charge in [-0.15, -0.1) is 0 Å². The van der Waals surface area contributed by atoms with E-state index in [4.69, 9.17) is 9.97 Å². The monoisotopic (exact) mass is 1060 g/mol. The molecule has 386 valence electrons. The van der Waals surface area contributed by atoms with E-state index < -0.39 is 0 Å². The van der Waals surface area contributed by atoms with Crippen LogP contribution in [0.3, 0.4) is 0 Å². The standard InChI is InChI=1S/C76H46B2N6/c1-3-16-47(17-4-1)51-35-38-70-63(42-51)61-25-15-26-62-64-43-52(36-39-71(64)84-76-75(79-40-41-80-76)83(70)78(84)73(61)62)48-30-32-49(33-31-48)53-34-37-60-57-22-9-12-27-67(57)81-68-28-13-10-23-58(68)65-44-54(56-21-8-7-20-55(56)50-18-5-2-6-19-50)45-66-59-24-11-14-29-69(59)82(72(60)46-53)77(81)74(65)66/h1-46H. The molecule has 19 rings (SSSR count). The van der Waals surface area contributed by atoms with Gasteiger partial charge in [0.15, 0.2) is 11.6 Å². The van der Waals surface area contributed by atoms with Crippen LogP contribution in [0.1, 0.15) is 0 Å². The minimum Gasteiger partial charge on any atom is -0.361 e. The van der Waals surface area contributed by atoms with Crippen LogP contribution in [-0.4, -0.2) is 23.9 Å². The van der Waals surface area contributed by atoms with Crippen molar-refractivity contribution in [1.29, 1.82) is 0 Å². The van der Waals surface area contributed by atoms with Crippen LogP contribution in [0.25, 0.3) is 111 Å². The number of para-hydroxylation sites is 3. The van der Waals surface area contributed by atoms with Gasteiger partial charge in [-0.1, -0.05) is 206 Å². The van der Waals surface area contributed by atoms with Crippen molar-refractivity contribution < 1.29 is 0 Å². The van der Waals surface area contributed by atoms with Crippen LogP contribution in [0.4, 0.5) is 45.8 Å². The fraction of sp³-hybridized carbons (Fsp3) is 0. The molecule has 1 aromatic heterocycles. The summed E-state index contributed by atoms with van der Waals surface area (Å²) in [5.41, 5.74) is 33.9. The van der Waals surface area contributed by atoms with E-state index in [0.717, 1.165) is 39.7 Å². The molecule has 6 aliphatic heterocycles. The van der Waals surface area contributed by atoms with Crippen LogP contribution >= 0.6 is 0 Å². The summed E-state index contributed by atoms with van der Waals surface area (Å²) >= 11 is 0. The van der Waals surface area contributed by atoms with Gasteiger partial charge in [-0.05, 0) is 149 Å². The smallest absolute Gasteiger partial charge is 0.361 e. The third-order valence-electron chi connectivity index (χ3n) is 18.6. The number of hydrogen-bond acceptors (Lipinski definition) is 6. The molecule has 0 saturated carbocycles.